The van der Waals surface area contributed by atoms with Crippen LogP contribution in [0.3, 0.4) is 0 Å². The lowest BCUT2D eigenvalue weighted by molar-refractivity contribution is -0.870. The molecule has 4 unspecified atom stereocenters. The Labute approximate surface area is 349 Å². The summed E-state index contributed by atoms with van der Waals surface area (Å²) >= 11 is 7.67. The van der Waals surface area contributed by atoms with Gasteiger partial charge in [0.15, 0.2) is 6.10 Å². The lowest BCUT2D eigenvalue weighted by atomic mass is 10.0. The average molecular weight is 920 g/mol. The third-order valence-electron chi connectivity index (χ3n) is 9.73. The molecule has 0 saturated heterocycles. The zero-order valence-electron chi connectivity index (χ0n) is 35.3. The molecule has 0 aliphatic heterocycles. The molecule has 4 atom stereocenters. The Morgan fingerprint density at radius 3 is 1.43 bits per heavy atom. The van der Waals surface area contributed by atoms with Gasteiger partial charge in [0.25, 0.3) is 7.82 Å². The van der Waals surface area contributed by atoms with Gasteiger partial charge in [-0.1, -0.05) is 187 Å². The molecule has 0 aromatic carbocycles. The maximum absolute atomic E-state index is 12.8. The number of ether oxygens (including phenoxy) is 2. The van der Waals surface area contributed by atoms with E-state index in [1.807, 2.05) is 21.1 Å². The number of esters is 2. The van der Waals surface area contributed by atoms with Crippen LogP contribution in [0.1, 0.15) is 194 Å². The van der Waals surface area contributed by atoms with E-state index in [-0.39, 0.29) is 26.1 Å². The molecule has 0 heterocycles. The number of likely N-dealkylation sites (N-methyl/N-ethyl adjacent to an activating group) is 1. The van der Waals surface area contributed by atoms with Crippen molar-refractivity contribution in [2.75, 3.05) is 47.5 Å². The van der Waals surface area contributed by atoms with Gasteiger partial charge in [-0.15, -0.1) is 0 Å². The van der Waals surface area contributed by atoms with Crippen molar-refractivity contribution in [3.8, 4) is 0 Å². The van der Waals surface area contributed by atoms with Crippen molar-refractivity contribution in [1.82, 2.24) is 0 Å². The second-order valence-corrected chi connectivity index (χ2v) is 20.0. The maximum Gasteiger partial charge on any atom is 0.306 e. The van der Waals surface area contributed by atoms with E-state index in [9.17, 15) is 19.0 Å². The van der Waals surface area contributed by atoms with E-state index in [1.54, 1.807) is 0 Å². The van der Waals surface area contributed by atoms with Crippen LogP contribution in [0.2, 0.25) is 0 Å². The minimum absolute atomic E-state index is 0.0359. The lowest BCUT2D eigenvalue weighted by Crippen LogP contribution is -2.37. The van der Waals surface area contributed by atoms with Crippen LogP contribution >= 0.6 is 39.7 Å². The van der Waals surface area contributed by atoms with Gasteiger partial charge in [0.1, 0.15) is 19.8 Å². The molecular weight excluding hydrogens is 837 g/mol. The molecule has 0 saturated carbocycles. The van der Waals surface area contributed by atoms with Crippen molar-refractivity contribution in [1.29, 1.82) is 0 Å². The molecule has 0 spiro atoms. The number of rotatable bonds is 40. The van der Waals surface area contributed by atoms with E-state index in [4.69, 9.17) is 18.5 Å². The summed E-state index contributed by atoms with van der Waals surface area (Å²) in [6.07, 6.45) is 30.6. The summed E-state index contributed by atoms with van der Waals surface area (Å²) in [5.74, 6) is -0.863. The third kappa shape index (κ3) is 37.5. The van der Waals surface area contributed by atoms with E-state index in [2.05, 4.69) is 45.7 Å². The molecule has 0 radical (unpaired) electrons. The first-order valence-electron chi connectivity index (χ1n) is 21.8. The number of quaternary nitrogens is 1. The zero-order valence-corrected chi connectivity index (χ0v) is 39.3. The fourth-order valence-electron chi connectivity index (χ4n) is 6.16. The topological polar surface area (TPSA) is 111 Å². The van der Waals surface area contributed by atoms with Gasteiger partial charge in [-0.3, -0.25) is 14.2 Å². The third-order valence-corrected chi connectivity index (χ3v) is 13.6. The summed E-state index contributed by atoms with van der Waals surface area (Å²) in [5.41, 5.74) is 0. The number of hydrogen-bond acceptors (Lipinski definition) is 8. The van der Waals surface area contributed by atoms with Crippen molar-refractivity contribution >= 4 is 51.6 Å². The number of nitrogens with zero attached hydrogens (tertiary/aromatic N) is 1. The first-order valence-corrected chi connectivity index (χ1v) is 25.1. The first-order chi connectivity index (χ1) is 25.8. The summed E-state index contributed by atoms with van der Waals surface area (Å²) in [5, 5.41) is 0. The first kappa shape index (κ1) is 54.0. The minimum atomic E-state index is -4.64. The highest BCUT2D eigenvalue weighted by atomic mass is 79.9. The summed E-state index contributed by atoms with van der Waals surface area (Å²) in [6.45, 7) is 4.19. The summed E-state index contributed by atoms with van der Waals surface area (Å²) in [4.78, 5) is 38.4. The Morgan fingerprint density at radius 1 is 0.574 bits per heavy atom. The number of carbonyl (C=O) groups is 2. The number of carbonyl (C=O) groups excluding carboxylic acids is 2. The molecule has 0 fully saturated rings. The molecule has 54 heavy (non-hydrogen) atoms. The molecule has 0 aliphatic carbocycles. The van der Waals surface area contributed by atoms with Crippen molar-refractivity contribution in [3.63, 3.8) is 0 Å². The monoisotopic (exact) mass is 917 g/mol. The van der Waals surface area contributed by atoms with Gasteiger partial charge in [-0.2, -0.15) is 0 Å². The van der Waals surface area contributed by atoms with Gasteiger partial charge >= 0.3 is 11.9 Å². The molecule has 0 aliphatic rings. The largest absolute Gasteiger partial charge is 0.756 e. The average Bonchev–Trinajstić information content (AvgIpc) is 3.11. The summed E-state index contributed by atoms with van der Waals surface area (Å²) < 4.78 is 34.0. The van der Waals surface area contributed by atoms with Crippen molar-refractivity contribution in [2.24, 2.45) is 0 Å². The normalized spacial score (nSPS) is 14.7. The van der Waals surface area contributed by atoms with Crippen molar-refractivity contribution in [3.05, 3.63) is 0 Å². The van der Waals surface area contributed by atoms with Crippen molar-refractivity contribution < 1.29 is 42.1 Å². The number of hydrogen-bond donors (Lipinski definition) is 0. The highest BCUT2D eigenvalue weighted by molar-refractivity contribution is 9.12. The predicted octanol–water partition coefficient (Wildman–Crippen LogP) is 12.1. The van der Waals surface area contributed by atoms with Crippen LogP contribution in [-0.2, 0) is 32.7 Å². The molecule has 9 nitrogen and oxygen atoms in total. The van der Waals surface area contributed by atoms with Gasteiger partial charge in [0, 0.05) is 22.5 Å². The van der Waals surface area contributed by atoms with Crippen LogP contribution < -0.4 is 4.89 Å². The Morgan fingerprint density at radius 2 is 0.963 bits per heavy atom. The molecular formula is C42H82Br2NO8P. The Hall–Kier alpha value is -0.0300. The highest BCUT2D eigenvalue weighted by Crippen LogP contribution is 2.38. The van der Waals surface area contributed by atoms with Crippen LogP contribution in [0.15, 0.2) is 0 Å². The number of unbranched alkanes of at least 4 members (excludes halogenated alkanes) is 21. The Bertz CT molecular complexity index is 938. The van der Waals surface area contributed by atoms with Crippen LogP contribution in [0.5, 0.6) is 0 Å². The molecule has 0 aromatic rings. The SMILES string of the molecule is CCCCCCCCCCCCCCCC(=O)OCC(COP(=O)([O-])OCC[N+](C)(C)C)OC(=O)CCCCC(Br)C(Br)CCCCCCCCCCC. The number of halogens is 2. The van der Waals surface area contributed by atoms with Crippen LogP contribution in [0, 0.1) is 0 Å². The van der Waals surface area contributed by atoms with E-state index in [1.165, 1.54) is 122 Å². The van der Waals surface area contributed by atoms with E-state index < -0.39 is 32.5 Å². The van der Waals surface area contributed by atoms with Gasteiger partial charge in [-0.05, 0) is 25.7 Å². The maximum atomic E-state index is 12.8. The van der Waals surface area contributed by atoms with Crippen LogP contribution in [-0.4, -0.2) is 79.7 Å². The number of phosphoric acid groups is 1. The molecule has 0 rings (SSSR count). The standard InChI is InChI=1S/C42H82Br2NO8P/c1-6-8-10-12-14-16-17-18-19-21-23-25-27-32-41(46)50-36-38(37-52-54(48,49)51-35-34-45(3,4)5)53-42(47)33-29-28-31-40(44)39(43)30-26-24-22-20-15-13-11-9-7-2/h38-40H,6-37H2,1-5H3. The lowest BCUT2D eigenvalue weighted by Gasteiger charge is -2.28. The highest BCUT2D eigenvalue weighted by Gasteiger charge is 2.22. The fraction of sp³-hybridized carbons (Fsp3) is 0.952. The van der Waals surface area contributed by atoms with Gasteiger partial charge < -0.3 is 27.9 Å². The summed E-state index contributed by atoms with van der Waals surface area (Å²) in [6, 6.07) is 0. The molecule has 322 valence electrons. The Balaban J connectivity index is 4.51. The quantitative estimate of drug-likeness (QED) is 0.0196. The number of phosphoric ester groups is 1. The van der Waals surface area contributed by atoms with Crippen LogP contribution in [0.4, 0.5) is 0 Å². The smallest absolute Gasteiger partial charge is 0.306 e. The predicted molar refractivity (Wildman–Crippen MR) is 229 cm³/mol. The Kier molecular flexibility index (Phi) is 36.1. The van der Waals surface area contributed by atoms with Gasteiger partial charge in [0.2, 0.25) is 0 Å². The zero-order chi connectivity index (χ0) is 40.3. The number of alkyl halides is 2. The van der Waals surface area contributed by atoms with E-state index in [0.29, 0.717) is 27.1 Å². The minimum Gasteiger partial charge on any atom is -0.756 e. The second-order valence-electron chi connectivity index (χ2n) is 16.3. The molecule has 0 amide bonds. The van der Waals surface area contributed by atoms with E-state index >= 15 is 0 Å². The molecule has 12 heteroatoms. The van der Waals surface area contributed by atoms with Gasteiger partial charge in [-0.25, -0.2) is 0 Å². The molecule has 0 N–H and O–H groups in total. The van der Waals surface area contributed by atoms with Crippen LogP contribution in [0.25, 0.3) is 0 Å². The molecule has 0 aromatic heterocycles. The van der Waals surface area contributed by atoms with Crippen molar-refractivity contribution in [2.45, 2.75) is 209 Å². The summed E-state index contributed by atoms with van der Waals surface area (Å²) in [7, 11) is 1.15. The fourth-order valence-corrected chi connectivity index (χ4v) is 8.07. The molecule has 0 bridgehead atoms. The van der Waals surface area contributed by atoms with Gasteiger partial charge in [0.05, 0.1) is 27.7 Å². The van der Waals surface area contributed by atoms with E-state index in [0.717, 1.165) is 38.5 Å². The second kappa shape index (κ2) is 36.1.